The molecule has 0 aliphatic heterocycles. The smallest absolute Gasteiger partial charge is 0.217 e. The van der Waals surface area contributed by atoms with Crippen LogP contribution in [0.3, 0.4) is 0 Å². The van der Waals surface area contributed by atoms with Gasteiger partial charge in [0.25, 0.3) is 0 Å². The number of carbonyl (C=O) groups is 1. The molecule has 0 atom stereocenters. The van der Waals surface area contributed by atoms with Crippen LogP contribution in [-0.2, 0) is 21.2 Å². The first-order chi connectivity index (χ1) is 6.89. The van der Waals surface area contributed by atoms with Crippen LogP contribution in [0, 0.1) is 0 Å². The molecule has 6 heteroatoms. The molecule has 0 bridgehead atoms. The lowest BCUT2D eigenvalue weighted by Crippen LogP contribution is -2.19. The van der Waals surface area contributed by atoms with Crippen LogP contribution in [0.25, 0.3) is 0 Å². The highest BCUT2D eigenvalue weighted by molar-refractivity contribution is 7.90. The van der Waals surface area contributed by atoms with E-state index >= 15 is 0 Å². The molecule has 0 aliphatic rings. The molecule has 1 N–H and O–H groups in total. The quantitative estimate of drug-likeness (QED) is 0.797. The van der Waals surface area contributed by atoms with Gasteiger partial charge in [0.05, 0.1) is 17.1 Å². The van der Waals surface area contributed by atoms with Crippen LogP contribution >= 0.6 is 0 Å². The Hall–Kier alpha value is -1.43. The molecule has 0 saturated carbocycles. The maximum absolute atomic E-state index is 11.1. The molecule has 5 nitrogen and oxygen atoms in total. The maximum Gasteiger partial charge on any atom is 0.217 e. The zero-order valence-corrected chi connectivity index (χ0v) is 9.34. The lowest BCUT2D eigenvalue weighted by molar-refractivity contribution is -0.119. The summed E-state index contributed by atoms with van der Waals surface area (Å²) in [4.78, 5) is 14.7. The highest BCUT2D eigenvalue weighted by atomic mass is 32.2. The van der Waals surface area contributed by atoms with E-state index in [2.05, 4.69) is 10.3 Å². The fraction of sp³-hybridized carbons (Fsp3) is 0.333. The zero-order chi connectivity index (χ0) is 11.5. The van der Waals surface area contributed by atoms with Gasteiger partial charge in [0.2, 0.25) is 5.91 Å². The average molecular weight is 228 g/mol. The van der Waals surface area contributed by atoms with Crippen molar-refractivity contribution in [2.24, 2.45) is 0 Å². The molecule has 1 rings (SSSR count). The van der Waals surface area contributed by atoms with Crippen LogP contribution in [0.4, 0.5) is 0 Å². The van der Waals surface area contributed by atoms with Crippen molar-refractivity contribution in [2.45, 2.75) is 18.4 Å². The van der Waals surface area contributed by atoms with Gasteiger partial charge in [-0.05, 0) is 12.1 Å². The van der Waals surface area contributed by atoms with Crippen molar-refractivity contribution in [3.8, 4) is 0 Å². The van der Waals surface area contributed by atoms with Crippen LogP contribution in [0.2, 0.25) is 0 Å². The monoisotopic (exact) mass is 228 g/mol. The van der Waals surface area contributed by atoms with Gasteiger partial charge >= 0.3 is 0 Å². The number of nitrogens with zero attached hydrogens (tertiary/aromatic N) is 1. The highest BCUT2D eigenvalue weighted by Crippen LogP contribution is 2.06. The second kappa shape index (κ2) is 4.39. The van der Waals surface area contributed by atoms with E-state index in [-0.39, 0.29) is 10.8 Å². The fourth-order valence-electron chi connectivity index (χ4n) is 0.950. The number of pyridine rings is 1. The van der Waals surface area contributed by atoms with E-state index in [4.69, 9.17) is 0 Å². The van der Waals surface area contributed by atoms with Crippen molar-refractivity contribution in [1.82, 2.24) is 10.3 Å². The predicted octanol–water partition coefficient (Wildman–Crippen LogP) is 0.121. The standard InChI is InChI=1S/C9H12N2O3S/c1-7(12)10-5-8-3-4-9(6-11-8)15(2,13)14/h3-4,6H,5H2,1-2H3,(H,10,12). The molecule has 15 heavy (non-hydrogen) atoms. The number of sulfone groups is 1. The second-order valence-electron chi connectivity index (χ2n) is 3.17. The Morgan fingerprint density at radius 3 is 2.53 bits per heavy atom. The SMILES string of the molecule is CC(=O)NCc1ccc(S(C)(=O)=O)cn1. The van der Waals surface area contributed by atoms with E-state index in [1.54, 1.807) is 6.07 Å². The summed E-state index contributed by atoms with van der Waals surface area (Å²) < 4.78 is 22.2. The van der Waals surface area contributed by atoms with E-state index < -0.39 is 9.84 Å². The Morgan fingerprint density at radius 2 is 2.13 bits per heavy atom. The minimum absolute atomic E-state index is 0.149. The van der Waals surface area contributed by atoms with Crippen molar-refractivity contribution >= 4 is 15.7 Å². The summed E-state index contributed by atoms with van der Waals surface area (Å²) in [5.74, 6) is -0.149. The van der Waals surface area contributed by atoms with Crippen molar-refractivity contribution in [3.63, 3.8) is 0 Å². The molecule has 0 aromatic carbocycles. The first-order valence-corrected chi connectivity index (χ1v) is 6.18. The molecule has 1 heterocycles. The molecule has 0 saturated heterocycles. The maximum atomic E-state index is 11.1. The molecule has 82 valence electrons. The molecule has 0 spiro atoms. The first-order valence-electron chi connectivity index (χ1n) is 4.29. The molecule has 1 aromatic heterocycles. The zero-order valence-electron chi connectivity index (χ0n) is 8.52. The van der Waals surface area contributed by atoms with E-state index in [0.29, 0.717) is 12.2 Å². The largest absolute Gasteiger partial charge is 0.351 e. The van der Waals surface area contributed by atoms with E-state index in [1.165, 1.54) is 19.2 Å². The fourth-order valence-corrected chi connectivity index (χ4v) is 1.51. The van der Waals surface area contributed by atoms with Gasteiger partial charge in [0.15, 0.2) is 9.84 Å². The summed E-state index contributed by atoms with van der Waals surface area (Å²) in [6.07, 6.45) is 2.41. The van der Waals surface area contributed by atoms with E-state index in [1.807, 2.05) is 0 Å². The van der Waals surface area contributed by atoms with Crippen LogP contribution in [0.5, 0.6) is 0 Å². The van der Waals surface area contributed by atoms with Gasteiger partial charge < -0.3 is 5.32 Å². The van der Waals surface area contributed by atoms with E-state index in [9.17, 15) is 13.2 Å². The van der Waals surface area contributed by atoms with Crippen LogP contribution in [-0.4, -0.2) is 25.6 Å². The number of aromatic nitrogens is 1. The number of hydrogen-bond acceptors (Lipinski definition) is 4. The topological polar surface area (TPSA) is 76.1 Å². The normalized spacial score (nSPS) is 11.1. The highest BCUT2D eigenvalue weighted by Gasteiger charge is 2.06. The van der Waals surface area contributed by atoms with Crippen molar-refractivity contribution in [2.75, 3.05) is 6.26 Å². The van der Waals surface area contributed by atoms with Gasteiger partial charge in [-0.2, -0.15) is 0 Å². The molecule has 0 unspecified atom stereocenters. The number of hydrogen-bond donors (Lipinski definition) is 1. The van der Waals surface area contributed by atoms with Gasteiger partial charge in [-0.1, -0.05) is 0 Å². The van der Waals surface area contributed by atoms with Gasteiger partial charge in [-0.25, -0.2) is 8.42 Å². The molecular formula is C9H12N2O3S. The van der Waals surface area contributed by atoms with Gasteiger partial charge in [0, 0.05) is 19.4 Å². The first kappa shape index (κ1) is 11.6. The second-order valence-corrected chi connectivity index (χ2v) is 5.18. The minimum atomic E-state index is -3.20. The molecule has 0 radical (unpaired) electrons. The summed E-state index contributed by atoms with van der Waals surface area (Å²) in [5.41, 5.74) is 0.623. The van der Waals surface area contributed by atoms with E-state index in [0.717, 1.165) is 6.26 Å². The van der Waals surface area contributed by atoms with Gasteiger partial charge in [-0.15, -0.1) is 0 Å². The molecule has 1 amide bonds. The number of amides is 1. The third kappa shape index (κ3) is 3.67. The Balaban J connectivity index is 2.77. The lowest BCUT2D eigenvalue weighted by atomic mass is 10.3. The summed E-state index contributed by atoms with van der Waals surface area (Å²) in [6, 6.07) is 3.05. The summed E-state index contributed by atoms with van der Waals surface area (Å²) in [7, 11) is -3.20. The summed E-state index contributed by atoms with van der Waals surface area (Å²) >= 11 is 0. The number of rotatable bonds is 3. The number of carbonyl (C=O) groups excluding carboxylic acids is 1. The Bertz CT molecular complexity index is 451. The van der Waals surface area contributed by atoms with Gasteiger partial charge in [0.1, 0.15) is 0 Å². The van der Waals surface area contributed by atoms with Gasteiger partial charge in [-0.3, -0.25) is 9.78 Å². The summed E-state index contributed by atoms with van der Waals surface area (Å²) in [5, 5.41) is 2.57. The molecular weight excluding hydrogens is 216 g/mol. The third-order valence-corrected chi connectivity index (χ3v) is 2.84. The molecule has 1 aromatic rings. The molecule has 0 fully saturated rings. The Labute approximate surface area is 88.4 Å². The van der Waals surface area contributed by atoms with Crippen molar-refractivity contribution in [1.29, 1.82) is 0 Å². The molecule has 0 aliphatic carbocycles. The van der Waals surface area contributed by atoms with Crippen molar-refractivity contribution in [3.05, 3.63) is 24.0 Å². The summed E-state index contributed by atoms with van der Waals surface area (Å²) in [6.45, 7) is 1.71. The Morgan fingerprint density at radius 1 is 1.47 bits per heavy atom. The van der Waals surface area contributed by atoms with Crippen LogP contribution in [0.1, 0.15) is 12.6 Å². The van der Waals surface area contributed by atoms with Crippen LogP contribution < -0.4 is 5.32 Å². The third-order valence-electron chi connectivity index (χ3n) is 1.74. The average Bonchev–Trinajstić information content (AvgIpc) is 2.14. The number of nitrogens with one attached hydrogen (secondary N) is 1. The lowest BCUT2D eigenvalue weighted by Gasteiger charge is -2.02. The van der Waals surface area contributed by atoms with Crippen molar-refractivity contribution < 1.29 is 13.2 Å². The Kier molecular flexibility index (Phi) is 3.41. The van der Waals surface area contributed by atoms with Crippen LogP contribution in [0.15, 0.2) is 23.2 Å². The minimum Gasteiger partial charge on any atom is -0.351 e. The predicted molar refractivity (Wildman–Crippen MR) is 54.9 cm³/mol.